The lowest BCUT2D eigenvalue weighted by Crippen LogP contribution is -2.44. The van der Waals surface area contributed by atoms with Crippen LogP contribution in [0.4, 0.5) is 4.39 Å². The monoisotopic (exact) mass is 538 g/mol. The number of hydrogen-bond acceptors (Lipinski definition) is 7. The lowest BCUT2D eigenvalue weighted by molar-refractivity contribution is -0.123. The Hall–Kier alpha value is -3.89. The highest BCUT2D eigenvalue weighted by Gasteiger charge is 2.33. The summed E-state index contributed by atoms with van der Waals surface area (Å²) in [5.74, 6) is 0.237. The van der Waals surface area contributed by atoms with Crippen molar-refractivity contribution in [2.45, 2.75) is 13.5 Å². The van der Waals surface area contributed by atoms with Crippen LogP contribution in [-0.4, -0.2) is 34.9 Å². The number of thioether (sulfide) groups is 1. The van der Waals surface area contributed by atoms with Crippen LogP contribution in [0, 0.1) is 5.82 Å². The van der Waals surface area contributed by atoms with Crippen LogP contribution in [0.5, 0.6) is 17.2 Å². The van der Waals surface area contributed by atoms with Gasteiger partial charge in [-0.15, -0.1) is 0 Å². The van der Waals surface area contributed by atoms with Crippen molar-refractivity contribution in [2.75, 3.05) is 13.7 Å². The Morgan fingerprint density at radius 1 is 1.08 bits per heavy atom. The van der Waals surface area contributed by atoms with E-state index >= 15 is 0 Å². The maximum atomic E-state index is 13.9. The molecule has 2 amide bonds. The van der Waals surface area contributed by atoms with Gasteiger partial charge in [-0.3, -0.25) is 15.0 Å². The summed E-state index contributed by atoms with van der Waals surface area (Å²) < 4.78 is 30.7. The Morgan fingerprint density at radius 3 is 2.54 bits per heavy atom. The number of ether oxygens (including phenoxy) is 3. The Bertz CT molecular complexity index is 1360. The van der Waals surface area contributed by atoms with Gasteiger partial charge in [-0.1, -0.05) is 36.0 Å². The van der Waals surface area contributed by atoms with E-state index in [1.807, 2.05) is 6.92 Å². The Labute approximate surface area is 223 Å². The molecule has 0 unspecified atom stereocenters. The first-order chi connectivity index (χ1) is 17.9. The molecule has 10 heteroatoms. The van der Waals surface area contributed by atoms with Gasteiger partial charge in [0.2, 0.25) is 0 Å². The largest absolute Gasteiger partial charge is 0.497 e. The fraction of sp³-hybridized carbons (Fsp3) is 0.148. The van der Waals surface area contributed by atoms with E-state index in [-0.39, 0.29) is 16.7 Å². The number of hydrazine groups is 1. The lowest BCUT2D eigenvalue weighted by Gasteiger charge is -2.15. The van der Waals surface area contributed by atoms with Gasteiger partial charge < -0.3 is 14.2 Å². The first-order valence-electron chi connectivity index (χ1n) is 11.3. The number of methoxy groups -OCH3 is 1. The molecule has 0 spiro atoms. The van der Waals surface area contributed by atoms with Crippen LogP contribution in [0.2, 0.25) is 0 Å². The normalized spacial score (nSPS) is 14.1. The standard InChI is InChI=1S/C27H23FN2O5S2/c1-3-34-23-14-17(8-13-22(23)35-16-19-6-4-5-7-21(19)28)15-24-26(32)30(27(36)37-24)29-25(31)18-9-11-20(33-2)12-10-18/h4-15H,3,16H2,1-2H3,(H,29,31)/b24-15+. The molecule has 1 N–H and O–H groups in total. The van der Waals surface area contributed by atoms with Crippen molar-refractivity contribution < 1.29 is 28.2 Å². The molecule has 3 aromatic carbocycles. The van der Waals surface area contributed by atoms with Crippen LogP contribution in [-0.2, 0) is 11.4 Å². The minimum atomic E-state index is -0.477. The van der Waals surface area contributed by atoms with E-state index < -0.39 is 11.8 Å². The van der Waals surface area contributed by atoms with Crippen molar-refractivity contribution in [1.29, 1.82) is 0 Å². The van der Waals surface area contributed by atoms with Gasteiger partial charge >= 0.3 is 0 Å². The SMILES string of the molecule is CCOc1cc(/C=C2/SC(=S)N(NC(=O)c3ccc(OC)cc3)C2=O)ccc1OCc1ccccc1F. The summed E-state index contributed by atoms with van der Waals surface area (Å²) in [6, 6.07) is 18.0. The maximum Gasteiger partial charge on any atom is 0.285 e. The third-order valence-electron chi connectivity index (χ3n) is 5.27. The van der Waals surface area contributed by atoms with E-state index in [2.05, 4.69) is 5.43 Å². The molecule has 1 saturated heterocycles. The Balaban J connectivity index is 1.48. The van der Waals surface area contributed by atoms with E-state index in [1.165, 1.54) is 13.2 Å². The number of hydrogen-bond donors (Lipinski definition) is 1. The number of benzene rings is 3. The average Bonchev–Trinajstić information content (AvgIpc) is 3.16. The summed E-state index contributed by atoms with van der Waals surface area (Å²) in [5, 5.41) is 1.05. The second-order valence-electron chi connectivity index (χ2n) is 7.71. The summed E-state index contributed by atoms with van der Waals surface area (Å²) in [7, 11) is 1.53. The molecule has 1 fully saturated rings. The number of amides is 2. The third kappa shape index (κ3) is 6.28. The van der Waals surface area contributed by atoms with Gasteiger partial charge in [0.15, 0.2) is 15.8 Å². The van der Waals surface area contributed by atoms with E-state index in [0.29, 0.717) is 45.5 Å². The fourth-order valence-electron chi connectivity index (χ4n) is 3.40. The zero-order valence-electron chi connectivity index (χ0n) is 20.0. The molecular weight excluding hydrogens is 515 g/mol. The minimum Gasteiger partial charge on any atom is -0.497 e. The number of thiocarbonyl (C=S) groups is 1. The van der Waals surface area contributed by atoms with E-state index in [1.54, 1.807) is 66.7 Å². The highest BCUT2D eigenvalue weighted by molar-refractivity contribution is 8.26. The molecule has 0 aromatic heterocycles. The number of rotatable bonds is 9. The summed E-state index contributed by atoms with van der Waals surface area (Å²) in [6.07, 6.45) is 1.65. The van der Waals surface area contributed by atoms with Gasteiger partial charge in [0.05, 0.1) is 18.6 Å². The molecule has 1 aliphatic heterocycles. The van der Waals surface area contributed by atoms with Crippen molar-refractivity contribution in [1.82, 2.24) is 10.4 Å². The number of carbonyl (C=O) groups excluding carboxylic acids is 2. The molecule has 0 radical (unpaired) electrons. The van der Waals surface area contributed by atoms with E-state index in [0.717, 1.165) is 16.8 Å². The number of carbonyl (C=O) groups is 2. The average molecular weight is 539 g/mol. The number of nitrogens with one attached hydrogen (secondary N) is 1. The summed E-state index contributed by atoms with van der Waals surface area (Å²) in [4.78, 5) is 25.9. The predicted octanol–water partition coefficient (Wildman–Crippen LogP) is 5.36. The van der Waals surface area contributed by atoms with Crippen molar-refractivity contribution in [2.24, 2.45) is 0 Å². The summed E-state index contributed by atoms with van der Waals surface area (Å²) in [5.41, 5.74) is 4.00. The first kappa shape index (κ1) is 26.2. The van der Waals surface area contributed by atoms with E-state index in [9.17, 15) is 14.0 Å². The fourth-order valence-corrected chi connectivity index (χ4v) is 4.58. The highest BCUT2D eigenvalue weighted by Crippen LogP contribution is 2.34. The molecular formula is C27H23FN2O5S2. The number of halogens is 1. The van der Waals surface area contributed by atoms with E-state index in [4.69, 9.17) is 26.4 Å². The smallest absolute Gasteiger partial charge is 0.285 e. The van der Waals surface area contributed by atoms with Gasteiger partial charge in [0.1, 0.15) is 18.2 Å². The second kappa shape index (κ2) is 11.9. The van der Waals surface area contributed by atoms with Crippen LogP contribution >= 0.6 is 24.0 Å². The molecule has 1 aliphatic rings. The van der Waals surface area contributed by atoms with Gasteiger partial charge in [-0.2, -0.15) is 5.01 Å². The van der Waals surface area contributed by atoms with Crippen molar-refractivity contribution in [3.63, 3.8) is 0 Å². The molecule has 37 heavy (non-hydrogen) atoms. The van der Waals surface area contributed by atoms with Crippen LogP contribution in [0.1, 0.15) is 28.4 Å². The molecule has 7 nitrogen and oxygen atoms in total. The molecule has 4 rings (SSSR count). The van der Waals surface area contributed by atoms with Gasteiger partial charge in [0, 0.05) is 11.1 Å². The minimum absolute atomic E-state index is 0.0403. The highest BCUT2D eigenvalue weighted by atomic mass is 32.2. The molecule has 0 aliphatic carbocycles. The molecule has 190 valence electrons. The number of nitrogens with zero attached hydrogens (tertiary/aromatic N) is 1. The van der Waals surface area contributed by atoms with Crippen LogP contribution in [0.25, 0.3) is 6.08 Å². The summed E-state index contributed by atoms with van der Waals surface area (Å²) in [6.45, 7) is 2.27. The molecule has 3 aromatic rings. The predicted molar refractivity (Wildman–Crippen MR) is 144 cm³/mol. The maximum absolute atomic E-state index is 13.9. The third-order valence-corrected chi connectivity index (χ3v) is 6.57. The molecule has 1 heterocycles. The van der Waals surface area contributed by atoms with Crippen LogP contribution < -0.4 is 19.6 Å². The van der Waals surface area contributed by atoms with Crippen LogP contribution in [0.3, 0.4) is 0 Å². The Morgan fingerprint density at radius 2 is 1.84 bits per heavy atom. The Kier molecular flexibility index (Phi) is 8.42. The second-order valence-corrected chi connectivity index (χ2v) is 9.38. The molecule has 0 bridgehead atoms. The van der Waals surface area contributed by atoms with Gasteiger partial charge in [0.25, 0.3) is 11.8 Å². The van der Waals surface area contributed by atoms with Crippen molar-refractivity contribution in [3.05, 3.63) is 94.1 Å². The zero-order valence-corrected chi connectivity index (χ0v) is 21.7. The van der Waals surface area contributed by atoms with Crippen LogP contribution in [0.15, 0.2) is 71.6 Å². The topological polar surface area (TPSA) is 77.1 Å². The lowest BCUT2D eigenvalue weighted by atomic mass is 10.1. The molecule has 0 atom stereocenters. The van der Waals surface area contributed by atoms with Gasteiger partial charge in [-0.25, -0.2) is 4.39 Å². The summed E-state index contributed by atoms with van der Waals surface area (Å²) >= 11 is 6.39. The zero-order chi connectivity index (χ0) is 26.4. The van der Waals surface area contributed by atoms with Crippen molar-refractivity contribution in [3.8, 4) is 17.2 Å². The first-order valence-corrected chi connectivity index (χ1v) is 12.5. The quantitative estimate of drug-likeness (QED) is 0.290. The van der Waals surface area contributed by atoms with Gasteiger partial charge in [-0.05, 0) is 73.2 Å². The molecule has 0 saturated carbocycles. The van der Waals surface area contributed by atoms with Crippen molar-refractivity contribution >= 4 is 46.2 Å².